The molecule has 0 unspecified atom stereocenters. The fourth-order valence-corrected chi connectivity index (χ4v) is 3.67. The van der Waals surface area contributed by atoms with Crippen LogP contribution in [0.4, 0.5) is 5.69 Å². The van der Waals surface area contributed by atoms with Crippen LogP contribution >= 0.6 is 11.8 Å². The molecule has 0 spiro atoms. The molecule has 8 heteroatoms. The van der Waals surface area contributed by atoms with E-state index in [-0.39, 0.29) is 12.1 Å². The second kappa shape index (κ2) is 9.21. The van der Waals surface area contributed by atoms with Crippen LogP contribution in [0.25, 0.3) is 0 Å². The van der Waals surface area contributed by atoms with E-state index in [9.17, 15) is 20.0 Å². The number of hydrogen-bond acceptors (Lipinski definition) is 7. The molecule has 0 aliphatic heterocycles. The number of methoxy groups -OCH3 is 2. The Morgan fingerprint density at radius 3 is 2.42 bits per heavy atom. The van der Waals surface area contributed by atoms with E-state index in [1.807, 2.05) is 0 Å². The number of aliphatic hydroxyl groups is 1. The summed E-state index contributed by atoms with van der Waals surface area (Å²) in [5, 5.41) is 20.9. The molecule has 138 valence electrons. The molecule has 0 radical (unpaired) electrons. The highest BCUT2D eigenvalue weighted by atomic mass is 32.2. The van der Waals surface area contributed by atoms with E-state index >= 15 is 0 Å². The van der Waals surface area contributed by atoms with Crippen molar-refractivity contribution in [1.82, 2.24) is 0 Å². The molecule has 0 fully saturated rings. The third kappa shape index (κ3) is 4.96. The minimum Gasteiger partial charge on any atom is -0.497 e. The van der Waals surface area contributed by atoms with Crippen LogP contribution in [0.5, 0.6) is 5.75 Å². The molecule has 2 atom stereocenters. The van der Waals surface area contributed by atoms with Gasteiger partial charge in [0.05, 0.1) is 24.0 Å². The molecular formula is C18H19NO6S. The summed E-state index contributed by atoms with van der Waals surface area (Å²) in [6.45, 7) is 0. The van der Waals surface area contributed by atoms with E-state index in [0.717, 1.165) is 5.56 Å². The lowest BCUT2D eigenvalue weighted by molar-refractivity contribution is -0.387. The molecular weight excluding hydrogens is 358 g/mol. The number of para-hydroxylation sites is 1. The van der Waals surface area contributed by atoms with Gasteiger partial charge in [-0.15, -0.1) is 11.8 Å². The van der Waals surface area contributed by atoms with E-state index in [2.05, 4.69) is 4.74 Å². The van der Waals surface area contributed by atoms with E-state index in [4.69, 9.17) is 4.74 Å². The van der Waals surface area contributed by atoms with Gasteiger partial charge >= 0.3 is 5.97 Å². The highest BCUT2D eigenvalue weighted by molar-refractivity contribution is 7.99. The van der Waals surface area contributed by atoms with Crippen molar-refractivity contribution >= 4 is 23.4 Å². The van der Waals surface area contributed by atoms with Crippen molar-refractivity contribution in [2.45, 2.75) is 22.7 Å². The van der Waals surface area contributed by atoms with Crippen LogP contribution < -0.4 is 4.74 Å². The summed E-state index contributed by atoms with van der Waals surface area (Å²) in [5.74, 6) is -0.0802. The van der Waals surface area contributed by atoms with E-state index < -0.39 is 22.2 Å². The third-order valence-electron chi connectivity index (χ3n) is 3.73. The van der Waals surface area contributed by atoms with Crippen LogP contribution in [-0.2, 0) is 9.53 Å². The predicted molar refractivity (Wildman–Crippen MR) is 97.3 cm³/mol. The maximum absolute atomic E-state index is 11.6. The van der Waals surface area contributed by atoms with Gasteiger partial charge in [0.2, 0.25) is 0 Å². The van der Waals surface area contributed by atoms with Crippen LogP contribution in [-0.4, -0.2) is 36.3 Å². The number of nitro groups is 1. The zero-order valence-electron chi connectivity index (χ0n) is 14.3. The van der Waals surface area contributed by atoms with Crippen molar-refractivity contribution in [2.75, 3.05) is 14.2 Å². The number of hydrogen-bond donors (Lipinski definition) is 1. The van der Waals surface area contributed by atoms with Gasteiger partial charge in [0.25, 0.3) is 5.69 Å². The topological polar surface area (TPSA) is 98.9 Å². The first-order chi connectivity index (χ1) is 12.5. The molecule has 2 aromatic carbocycles. The summed E-state index contributed by atoms with van der Waals surface area (Å²) < 4.78 is 9.71. The van der Waals surface area contributed by atoms with Crippen molar-refractivity contribution < 1.29 is 24.3 Å². The van der Waals surface area contributed by atoms with Crippen LogP contribution in [0, 0.1) is 10.1 Å². The molecule has 0 aromatic heterocycles. The van der Waals surface area contributed by atoms with Gasteiger partial charge in [-0.1, -0.05) is 24.3 Å². The van der Waals surface area contributed by atoms with Gasteiger partial charge in [0, 0.05) is 17.7 Å². The Hall–Kier alpha value is -2.58. The first-order valence-electron chi connectivity index (χ1n) is 7.76. The summed E-state index contributed by atoms with van der Waals surface area (Å²) in [6, 6.07) is 13.5. The van der Waals surface area contributed by atoms with Crippen LogP contribution in [0.1, 0.15) is 17.2 Å². The Morgan fingerprint density at radius 2 is 1.85 bits per heavy atom. The Morgan fingerprint density at radius 1 is 1.19 bits per heavy atom. The van der Waals surface area contributed by atoms with Gasteiger partial charge in [-0.05, 0) is 23.8 Å². The summed E-state index contributed by atoms with van der Waals surface area (Å²) in [5.41, 5.74) is 0.778. The fraction of sp³-hybridized carbons (Fsp3) is 0.278. The Bertz CT molecular complexity index is 765. The maximum Gasteiger partial charge on any atom is 0.334 e. The van der Waals surface area contributed by atoms with Gasteiger partial charge in [0.15, 0.2) is 6.10 Å². The lowest BCUT2D eigenvalue weighted by Crippen LogP contribution is -2.23. The lowest BCUT2D eigenvalue weighted by atomic mass is 10.1. The summed E-state index contributed by atoms with van der Waals surface area (Å²) in [6.07, 6.45) is -1.28. The van der Waals surface area contributed by atoms with Gasteiger partial charge in [-0.25, -0.2) is 4.79 Å². The number of ether oxygens (including phenoxy) is 2. The van der Waals surface area contributed by atoms with Gasteiger partial charge in [-0.2, -0.15) is 0 Å². The molecule has 0 bridgehead atoms. The highest BCUT2D eigenvalue weighted by Gasteiger charge is 2.26. The lowest BCUT2D eigenvalue weighted by Gasteiger charge is -2.19. The van der Waals surface area contributed by atoms with Gasteiger partial charge in [-0.3, -0.25) is 10.1 Å². The zero-order valence-corrected chi connectivity index (χ0v) is 15.1. The smallest absolute Gasteiger partial charge is 0.334 e. The number of esters is 1. The van der Waals surface area contributed by atoms with Crippen molar-refractivity contribution in [3.05, 3.63) is 64.2 Å². The molecule has 1 N–H and O–H groups in total. The standard InChI is InChI=1S/C18H19NO6S/c1-24-13-9-7-12(8-10-13)17(11-15(20)18(21)25-2)26-16-6-4-3-5-14(16)19(22)23/h3-10,15,17,20H,11H2,1-2H3/t15-,17-/m1/s1. The second-order valence-corrected chi connectivity index (χ2v) is 6.62. The molecule has 0 saturated carbocycles. The van der Waals surface area contributed by atoms with E-state index in [1.165, 1.54) is 24.9 Å². The predicted octanol–water partition coefficient (Wildman–Crippen LogP) is 3.36. The Labute approximate surface area is 155 Å². The molecule has 0 amide bonds. The average molecular weight is 377 g/mol. The number of aliphatic hydroxyl groups excluding tert-OH is 1. The number of rotatable bonds is 8. The number of nitro benzene ring substituents is 1. The summed E-state index contributed by atoms with van der Waals surface area (Å²) >= 11 is 1.22. The molecule has 0 aliphatic rings. The number of carbonyl (C=O) groups excluding carboxylic acids is 1. The van der Waals surface area contributed by atoms with E-state index in [0.29, 0.717) is 10.6 Å². The van der Waals surface area contributed by atoms with Crippen LogP contribution in [0.2, 0.25) is 0 Å². The molecule has 26 heavy (non-hydrogen) atoms. The molecule has 0 saturated heterocycles. The number of benzene rings is 2. The molecule has 2 aromatic rings. The quantitative estimate of drug-likeness (QED) is 0.326. The average Bonchev–Trinajstić information content (AvgIpc) is 2.67. The van der Waals surface area contributed by atoms with Crippen molar-refractivity contribution in [2.24, 2.45) is 0 Å². The van der Waals surface area contributed by atoms with Crippen LogP contribution in [0.15, 0.2) is 53.4 Å². The highest BCUT2D eigenvalue weighted by Crippen LogP contribution is 2.42. The molecule has 0 aliphatic carbocycles. The number of thioether (sulfide) groups is 1. The van der Waals surface area contributed by atoms with Crippen LogP contribution in [0.3, 0.4) is 0 Å². The molecule has 0 heterocycles. The number of nitrogens with zero attached hydrogens (tertiary/aromatic N) is 1. The van der Waals surface area contributed by atoms with E-state index in [1.54, 1.807) is 49.6 Å². The largest absolute Gasteiger partial charge is 0.497 e. The first-order valence-corrected chi connectivity index (χ1v) is 8.64. The van der Waals surface area contributed by atoms with Crippen molar-refractivity contribution in [1.29, 1.82) is 0 Å². The third-order valence-corrected chi connectivity index (χ3v) is 5.08. The normalized spacial score (nSPS) is 12.9. The SMILES string of the molecule is COC(=O)[C@H](O)C[C@@H](Sc1ccccc1[N+](=O)[O-])c1ccc(OC)cc1. The Balaban J connectivity index is 2.33. The minimum atomic E-state index is -1.33. The van der Waals surface area contributed by atoms with Gasteiger partial charge < -0.3 is 14.6 Å². The minimum absolute atomic E-state index is 0.0245. The molecule has 2 rings (SSSR count). The monoisotopic (exact) mass is 377 g/mol. The van der Waals surface area contributed by atoms with Crippen molar-refractivity contribution in [3.8, 4) is 5.75 Å². The maximum atomic E-state index is 11.6. The Kier molecular flexibility index (Phi) is 6.99. The second-order valence-electron chi connectivity index (χ2n) is 5.38. The van der Waals surface area contributed by atoms with Gasteiger partial charge in [0.1, 0.15) is 5.75 Å². The summed E-state index contributed by atoms with van der Waals surface area (Å²) in [7, 11) is 2.75. The molecule has 7 nitrogen and oxygen atoms in total. The van der Waals surface area contributed by atoms with Crippen molar-refractivity contribution in [3.63, 3.8) is 0 Å². The summed E-state index contributed by atoms with van der Waals surface area (Å²) in [4.78, 5) is 22.8. The first kappa shape index (κ1) is 19.7. The number of carbonyl (C=O) groups is 1. The fourth-order valence-electron chi connectivity index (χ4n) is 2.37. The zero-order chi connectivity index (χ0) is 19.1.